The minimum absolute atomic E-state index is 0. The average molecular weight is 499 g/mol. The molecule has 0 aliphatic carbocycles. The van der Waals surface area contributed by atoms with Gasteiger partial charge in [-0.05, 0) is 0 Å². The van der Waals surface area contributed by atoms with E-state index in [1.54, 1.807) is 0 Å². The summed E-state index contributed by atoms with van der Waals surface area (Å²) in [6.45, 7) is 0. The summed E-state index contributed by atoms with van der Waals surface area (Å²) in [6.07, 6.45) is 0. The molecule has 0 aliphatic rings. The first-order chi connectivity index (χ1) is 0. The van der Waals surface area contributed by atoms with Crippen LogP contribution in [-0.4, -0.2) is 54.6 Å². The van der Waals surface area contributed by atoms with Crippen molar-refractivity contribution >= 4 is 54.6 Å². The van der Waals surface area contributed by atoms with Crippen molar-refractivity contribution in [2.24, 2.45) is 0 Å². The molecule has 0 aromatic rings. The van der Waals surface area contributed by atoms with Gasteiger partial charge in [0.2, 0.25) is 0 Å². The van der Waals surface area contributed by atoms with E-state index in [9.17, 15) is 0 Å². The van der Waals surface area contributed by atoms with E-state index >= 15 is 0 Å². The molecule has 0 amide bonds. The van der Waals surface area contributed by atoms with Crippen LogP contribution >= 0.6 is 0 Å². The monoisotopic (exact) mass is 500 g/mol. The van der Waals surface area contributed by atoms with Gasteiger partial charge >= 0.3 is 71.1 Å². The molecular formula is NiO2Tl2. The van der Waals surface area contributed by atoms with E-state index in [0.717, 1.165) is 0 Å². The zero-order valence-corrected chi connectivity index (χ0v) is 12.3. The van der Waals surface area contributed by atoms with Crippen molar-refractivity contribution in [1.29, 1.82) is 0 Å². The third-order valence-corrected chi connectivity index (χ3v) is 0. The van der Waals surface area contributed by atoms with Gasteiger partial charge < -0.3 is 11.0 Å². The van der Waals surface area contributed by atoms with Crippen LogP contribution in [0.25, 0.3) is 0 Å². The molecule has 0 spiro atoms. The topological polar surface area (TPSA) is 57.0 Å². The minimum Gasteiger partial charge on any atom is -2.00 e. The molecule has 5 heavy (non-hydrogen) atoms. The molecule has 0 aromatic heterocycles. The zero-order chi connectivity index (χ0) is 0. The Hall–Kier alpha value is 2.26. The molecule has 0 aliphatic heterocycles. The molecule has 0 atom stereocenters. The van der Waals surface area contributed by atoms with Crippen LogP contribution in [0, 0.1) is 0 Å². The first-order valence-electron chi connectivity index (χ1n) is 0. The predicted molar refractivity (Wildman–Crippen MR) is 12.9 cm³/mol. The zero-order valence-electron chi connectivity index (χ0n) is 2.29. The van der Waals surface area contributed by atoms with E-state index in [0.29, 0.717) is 0 Å². The van der Waals surface area contributed by atoms with E-state index in [1.807, 2.05) is 0 Å². The van der Waals surface area contributed by atoms with Gasteiger partial charge in [0.05, 0.1) is 0 Å². The van der Waals surface area contributed by atoms with Crippen molar-refractivity contribution in [3.8, 4) is 0 Å². The molecule has 0 unspecified atom stereocenters. The second-order valence-electron chi connectivity index (χ2n) is 0. The van der Waals surface area contributed by atoms with Crippen LogP contribution in [0.15, 0.2) is 0 Å². The summed E-state index contributed by atoms with van der Waals surface area (Å²) in [5.74, 6) is 0. The van der Waals surface area contributed by atoms with Gasteiger partial charge in [-0.2, -0.15) is 0 Å². The van der Waals surface area contributed by atoms with Gasteiger partial charge in [0.25, 0.3) is 0 Å². The Balaban J connectivity index is 0. The first kappa shape index (κ1) is 55.8. The first-order valence-corrected chi connectivity index (χ1v) is 0. The molecule has 0 rings (SSSR count). The largest absolute Gasteiger partial charge is 2.00 e. The molecule has 0 aromatic carbocycles. The van der Waals surface area contributed by atoms with Crippen molar-refractivity contribution in [2.75, 3.05) is 0 Å². The molecule has 0 fully saturated rings. The Morgan fingerprint density at radius 2 is 0.600 bits per heavy atom. The Morgan fingerprint density at radius 3 is 0.600 bits per heavy atom. The maximum Gasteiger partial charge on any atom is 2.00 e. The van der Waals surface area contributed by atoms with Gasteiger partial charge in [0, 0.05) is 0 Å². The fraction of sp³-hybridized carbons (Fsp3) is 0. The molecule has 5 heteroatoms. The summed E-state index contributed by atoms with van der Waals surface area (Å²) in [5, 5.41) is 0. The molecular weight excluding hydrogens is 499 g/mol. The summed E-state index contributed by atoms with van der Waals surface area (Å²) in [5.41, 5.74) is 0. The average Bonchev–Trinajstić information content (AvgIpc) is 0. The van der Waals surface area contributed by atoms with Gasteiger partial charge in [-0.3, -0.25) is 0 Å². The van der Waals surface area contributed by atoms with Crippen LogP contribution in [0.1, 0.15) is 0 Å². The normalized spacial score (nSPS) is 0. The van der Waals surface area contributed by atoms with Crippen LogP contribution in [0.2, 0.25) is 0 Å². The molecule has 0 saturated heterocycles. The van der Waals surface area contributed by atoms with E-state index in [-0.39, 0.29) is 82.0 Å². The molecule has 2 nitrogen and oxygen atoms in total. The van der Waals surface area contributed by atoms with Crippen LogP contribution in [0.3, 0.4) is 0 Å². The Kier molecular flexibility index (Phi) is 378. The van der Waals surface area contributed by atoms with Crippen molar-refractivity contribution in [2.45, 2.75) is 0 Å². The van der Waals surface area contributed by atoms with Crippen LogP contribution in [0.4, 0.5) is 0 Å². The maximum atomic E-state index is 0. The third kappa shape index (κ3) is 22.3. The van der Waals surface area contributed by atoms with Crippen molar-refractivity contribution in [3.63, 3.8) is 0 Å². The number of hydrogen-bond donors (Lipinski definition) is 0. The predicted octanol–water partition coefficient (Wildman–Crippen LogP) is -1.00. The van der Waals surface area contributed by atoms with Gasteiger partial charge in [0.1, 0.15) is 0 Å². The summed E-state index contributed by atoms with van der Waals surface area (Å²) < 4.78 is 0. The fourth-order valence-electron chi connectivity index (χ4n) is 0. The molecule has 0 heterocycles. The molecule has 0 bridgehead atoms. The molecule has 0 N–H and O–H groups in total. The van der Waals surface area contributed by atoms with Crippen LogP contribution < -0.4 is 0 Å². The van der Waals surface area contributed by atoms with Crippen molar-refractivity contribution in [3.05, 3.63) is 0 Å². The van der Waals surface area contributed by atoms with E-state index < -0.39 is 0 Å². The second kappa shape index (κ2) is 33.9. The SMILES string of the molecule is [Ni+2].[O-2].[O-2].[Tl+].[Tl+]. The van der Waals surface area contributed by atoms with Crippen molar-refractivity contribution in [1.82, 2.24) is 0 Å². The Morgan fingerprint density at radius 1 is 0.600 bits per heavy atom. The second-order valence-corrected chi connectivity index (χ2v) is 0. The standard InChI is InChI=1S/Ni.2O.2Tl/q+2;2*-2;2*+1. The van der Waals surface area contributed by atoms with Gasteiger partial charge in [-0.15, -0.1) is 0 Å². The quantitative estimate of drug-likeness (QED) is 0.384. The molecule has 28 valence electrons. The van der Waals surface area contributed by atoms with Gasteiger partial charge in [0.15, 0.2) is 0 Å². The molecule has 0 radical (unpaired) electrons. The Bertz CT molecular complexity index is 7.61. The molecule has 0 saturated carbocycles. The van der Waals surface area contributed by atoms with Crippen LogP contribution in [0.5, 0.6) is 0 Å². The fourth-order valence-corrected chi connectivity index (χ4v) is 0. The van der Waals surface area contributed by atoms with E-state index in [1.165, 1.54) is 0 Å². The summed E-state index contributed by atoms with van der Waals surface area (Å²) in [7, 11) is 0. The minimum atomic E-state index is 0. The number of rotatable bonds is 0. The summed E-state index contributed by atoms with van der Waals surface area (Å²) in [4.78, 5) is 0. The van der Waals surface area contributed by atoms with E-state index in [4.69, 9.17) is 0 Å². The summed E-state index contributed by atoms with van der Waals surface area (Å²) in [6, 6.07) is 0. The van der Waals surface area contributed by atoms with E-state index in [2.05, 4.69) is 0 Å². The van der Waals surface area contributed by atoms with Crippen molar-refractivity contribution < 1.29 is 27.4 Å². The third-order valence-electron chi connectivity index (χ3n) is 0. The Labute approximate surface area is 80.9 Å². The van der Waals surface area contributed by atoms with Gasteiger partial charge in [-0.25, -0.2) is 0 Å². The maximum absolute atomic E-state index is 0. The summed E-state index contributed by atoms with van der Waals surface area (Å²) >= 11 is 0. The van der Waals surface area contributed by atoms with Gasteiger partial charge in [-0.1, -0.05) is 0 Å². The number of hydrogen-bond acceptors (Lipinski definition) is 0. The van der Waals surface area contributed by atoms with Crippen LogP contribution in [-0.2, 0) is 27.4 Å². The smallest absolute Gasteiger partial charge is 2.00 e.